The molecule has 1 aliphatic heterocycles. The molecule has 4 rings (SSSR count). The molecule has 0 saturated carbocycles. The summed E-state index contributed by atoms with van der Waals surface area (Å²) in [5.74, 6) is 0.381. The average Bonchev–Trinajstić information content (AvgIpc) is 3.03. The highest BCUT2D eigenvalue weighted by atomic mass is 35.5. The molecule has 1 amide bonds. The minimum atomic E-state index is -0.0786. The number of nitrogens with zero attached hydrogens (tertiary/aromatic N) is 3. The van der Waals surface area contributed by atoms with Gasteiger partial charge in [0.05, 0.1) is 5.56 Å². The zero-order valence-electron chi connectivity index (χ0n) is 14.9. The fraction of sp³-hybridized carbons (Fsp3) is 0.190. The fourth-order valence-electron chi connectivity index (χ4n) is 3.36. The Balaban J connectivity index is 1.48. The summed E-state index contributed by atoms with van der Waals surface area (Å²) in [6, 6.07) is 15.7. The number of carbonyl (C=O) groups is 1. The predicted octanol–water partition coefficient (Wildman–Crippen LogP) is 4.33. The van der Waals surface area contributed by atoms with Gasteiger partial charge in [-0.25, -0.2) is 9.97 Å². The lowest BCUT2D eigenvalue weighted by molar-refractivity contribution is 0.0981. The minimum absolute atomic E-state index is 0.0786. The van der Waals surface area contributed by atoms with Crippen molar-refractivity contribution in [2.24, 2.45) is 0 Å². The van der Waals surface area contributed by atoms with E-state index in [9.17, 15) is 4.79 Å². The molecule has 2 heterocycles. The molecule has 1 aliphatic rings. The van der Waals surface area contributed by atoms with Gasteiger partial charge < -0.3 is 10.2 Å². The lowest BCUT2D eigenvalue weighted by Crippen LogP contribution is -2.35. The molecule has 1 atom stereocenters. The summed E-state index contributed by atoms with van der Waals surface area (Å²) in [5.41, 5.74) is 3.60. The highest BCUT2D eigenvalue weighted by Gasteiger charge is 2.31. The van der Waals surface area contributed by atoms with Gasteiger partial charge in [0.25, 0.3) is 5.91 Å². The quantitative estimate of drug-likeness (QED) is 0.734. The molecule has 27 heavy (non-hydrogen) atoms. The van der Waals surface area contributed by atoms with Crippen LogP contribution in [0.3, 0.4) is 0 Å². The van der Waals surface area contributed by atoms with Crippen molar-refractivity contribution in [3.63, 3.8) is 0 Å². The number of aromatic nitrogens is 2. The Kier molecular flexibility index (Phi) is 4.77. The summed E-state index contributed by atoms with van der Waals surface area (Å²) in [5, 5.41) is 3.82. The second-order valence-corrected chi connectivity index (χ2v) is 7.00. The van der Waals surface area contributed by atoms with Crippen LogP contribution < -0.4 is 10.2 Å². The second-order valence-electron chi connectivity index (χ2n) is 6.60. The van der Waals surface area contributed by atoms with Crippen LogP contribution in [0.5, 0.6) is 0 Å². The Morgan fingerprint density at radius 3 is 2.63 bits per heavy atom. The molecule has 0 aliphatic carbocycles. The Bertz CT molecular complexity index is 974. The maximum Gasteiger partial charge on any atom is 0.261 e. The maximum atomic E-state index is 13.0. The Morgan fingerprint density at radius 1 is 1.15 bits per heavy atom. The van der Waals surface area contributed by atoms with E-state index in [1.54, 1.807) is 12.4 Å². The van der Waals surface area contributed by atoms with Crippen molar-refractivity contribution in [2.75, 3.05) is 10.2 Å². The number of hydrogen-bond donors (Lipinski definition) is 1. The zero-order chi connectivity index (χ0) is 18.8. The van der Waals surface area contributed by atoms with Gasteiger partial charge in [-0.3, -0.25) is 4.79 Å². The van der Waals surface area contributed by atoms with Crippen molar-refractivity contribution in [2.45, 2.75) is 25.9 Å². The maximum absolute atomic E-state index is 13.0. The summed E-state index contributed by atoms with van der Waals surface area (Å²) in [6.07, 6.45) is 4.00. The SMILES string of the molecule is CC1Cc2ccccc2N1C(=O)c1cnc(NCc2ccccc2Cl)nc1. The number of carbonyl (C=O) groups excluding carboxylic acids is 1. The van der Waals surface area contributed by atoms with Crippen LogP contribution >= 0.6 is 11.6 Å². The van der Waals surface area contributed by atoms with Crippen molar-refractivity contribution in [1.29, 1.82) is 0 Å². The fourth-order valence-corrected chi connectivity index (χ4v) is 3.56. The Labute approximate surface area is 163 Å². The van der Waals surface area contributed by atoms with E-state index in [-0.39, 0.29) is 11.9 Å². The summed E-state index contributed by atoms with van der Waals surface area (Å²) >= 11 is 6.15. The van der Waals surface area contributed by atoms with Gasteiger partial charge in [0, 0.05) is 35.7 Å². The van der Waals surface area contributed by atoms with Gasteiger partial charge in [-0.2, -0.15) is 0 Å². The number of nitrogens with one attached hydrogen (secondary N) is 1. The number of hydrogen-bond acceptors (Lipinski definition) is 4. The molecule has 6 heteroatoms. The summed E-state index contributed by atoms with van der Waals surface area (Å²) in [4.78, 5) is 23.4. The van der Waals surface area contributed by atoms with E-state index in [0.29, 0.717) is 23.1 Å². The van der Waals surface area contributed by atoms with E-state index in [1.807, 2.05) is 47.4 Å². The van der Waals surface area contributed by atoms with Crippen LogP contribution in [0.1, 0.15) is 28.4 Å². The van der Waals surface area contributed by atoms with E-state index in [1.165, 1.54) is 5.56 Å². The molecule has 1 unspecified atom stereocenters. The Hall–Kier alpha value is -2.92. The molecule has 3 aromatic rings. The topological polar surface area (TPSA) is 58.1 Å². The minimum Gasteiger partial charge on any atom is -0.350 e. The predicted molar refractivity (Wildman–Crippen MR) is 107 cm³/mol. The highest BCUT2D eigenvalue weighted by Crippen LogP contribution is 2.32. The van der Waals surface area contributed by atoms with Crippen LogP contribution in [-0.2, 0) is 13.0 Å². The van der Waals surface area contributed by atoms with Crippen molar-refractivity contribution in [3.05, 3.63) is 82.6 Å². The molecule has 5 nitrogen and oxygen atoms in total. The average molecular weight is 379 g/mol. The van der Waals surface area contributed by atoms with Gasteiger partial charge in [0.2, 0.25) is 5.95 Å². The third-order valence-corrected chi connectivity index (χ3v) is 5.09. The van der Waals surface area contributed by atoms with E-state index >= 15 is 0 Å². The third kappa shape index (κ3) is 3.51. The van der Waals surface area contributed by atoms with Crippen molar-refractivity contribution in [3.8, 4) is 0 Å². The number of amides is 1. The van der Waals surface area contributed by atoms with E-state index < -0.39 is 0 Å². The van der Waals surface area contributed by atoms with Crippen LogP contribution in [-0.4, -0.2) is 21.9 Å². The molecule has 0 bridgehead atoms. The molecule has 0 saturated heterocycles. The van der Waals surface area contributed by atoms with Crippen LogP contribution in [0, 0.1) is 0 Å². The van der Waals surface area contributed by atoms with Gasteiger partial charge in [0.15, 0.2) is 0 Å². The van der Waals surface area contributed by atoms with Crippen LogP contribution in [0.2, 0.25) is 5.02 Å². The summed E-state index contributed by atoms with van der Waals surface area (Å²) < 4.78 is 0. The number of anilines is 2. The van der Waals surface area contributed by atoms with Crippen molar-refractivity contribution < 1.29 is 4.79 Å². The number of fused-ring (bicyclic) bond motifs is 1. The molecular weight excluding hydrogens is 360 g/mol. The molecule has 0 radical (unpaired) electrons. The summed E-state index contributed by atoms with van der Waals surface area (Å²) in [7, 11) is 0. The largest absolute Gasteiger partial charge is 0.350 e. The van der Waals surface area contributed by atoms with Crippen LogP contribution in [0.15, 0.2) is 60.9 Å². The monoisotopic (exact) mass is 378 g/mol. The van der Waals surface area contributed by atoms with Crippen LogP contribution in [0.4, 0.5) is 11.6 Å². The number of para-hydroxylation sites is 1. The zero-order valence-corrected chi connectivity index (χ0v) is 15.6. The van der Waals surface area contributed by atoms with Crippen molar-refractivity contribution in [1.82, 2.24) is 9.97 Å². The van der Waals surface area contributed by atoms with Gasteiger partial charge >= 0.3 is 0 Å². The molecular formula is C21H19ClN4O. The standard InChI is InChI=1S/C21H19ClN4O/c1-14-10-15-6-3-5-9-19(15)26(14)20(27)17-12-24-21(25-13-17)23-11-16-7-2-4-8-18(16)22/h2-9,12-14H,10-11H2,1H3,(H,23,24,25). The van der Waals surface area contributed by atoms with Gasteiger partial charge in [-0.1, -0.05) is 48.0 Å². The molecule has 2 aromatic carbocycles. The van der Waals surface area contributed by atoms with E-state index in [0.717, 1.165) is 17.7 Å². The number of halogens is 1. The molecule has 0 spiro atoms. The van der Waals surface area contributed by atoms with Gasteiger partial charge in [-0.05, 0) is 36.6 Å². The van der Waals surface area contributed by atoms with E-state index in [2.05, 4.69) is 28.3 Å². The third-order valence-electron chi connectivity index (χ3n) is 4.72. The van der Waals surface area contributed by atoms with Crippen molar-refractivity contribution >= 4 is 29.1 Å². The molecule has 0 fully saturated rings. The lowest BCUT2D eigenvalue weighted by atomic mass is 10.1. The number of rotatable bonds is 4. The van der Waals surface area contributed by atoms with Gasteiger partial charge in [-0.15, -0.1) is 0 Å². The molecule has 136 valence electrons. The Morgan fingerprint density at radius 2 is 1.85 bits per heavy atom. The smallest absolute Gasteiger partial charge is 0.261 e. The van der Waals surface area contributed by atoms with Gasteiger partial charge in [0.1, 0.15) is 0 Å². The van der Waals surface area contributed by atoms with E-state index in [4.69, 9.17) is 11.6 Å². The first-order valence-corrected chi connectivity index (χ1v) is 9.22. The summed E-state index contributed by atoms with van der Waals surface area (Å²) in [6.45, 7) is 2.57. The molecule has 1 N–H and O–H groups in total. The first-order chi connectivity index (χ1) is 13.1. The number of benzene rings is 2. The van der Waals surface area contributed by atoms with Crippen LogP contribution in [0.25, 0.3) is 0 Å². The molecule has 1 aromatic heterocycles. The normalized spacial score (nSPS) is 15.5. The highest BCUT2D eigenvalue weighted by molar-refractivity contribution is 6.31. The first-order valence-electron chi connectivity index (χ1n) is 8.84. The second kappa shape index (κ2) is 7.37. The first kappa shape index (κ1) is 17.5. The lowest BCUT2D eigenvalue weighted by Gasteiger charge is -2.22.